The van der Waals surface area contributed by atoms with E-state index in [9.17, 15) is 9.90 Å². The van der Waals surface area contributed by atoms with Crippen molar-refractivity contribution in [1.82, 2.24) is 14.9 Å². The second-order valence-electron chi connectivity index (χ2n) is 10.1. The Hall–Kier alpha value is -2.70. The standard InChI is InChI=1S/C29H36ClN3O3/c1-36-23-9-10-27-25(18-23)24(26(30)21-32-27)8-4-11-29(19-28(34)35)12-16-33(17-13-29)15-3-2-6-22-7-5-14-31-20-22/h5,7,9-10,14,18,20-21H,2-4,6,8,11-13,15-17,19H2,1H3,(H,34,35). The van der Waals surface area contributed by atoms with E-state index >= 15 is 0 Å². The first-order valence-corrected chi connectivity index (χ1v) is 13.3. The minimum atomic E-state index is -0.697. The molecule has 1 aliphatic heterocycles. The third-order valence-electron chi connectivity index (χ3n) is 7.62. The molecule has 0 spiro atoms. The lowest BCUT2D eigenvalue weighted by molar-refractivity contribution is -0.140. The van der Waals surface area contributed by atoms with Crippen molar-refractivity contribution < 1.29 is 14.6 Å². The molecule has 1 aromatic carbocycles. The minimum absolute atomic E-state index is 0.148. The number of carbonyl (C=O) groups is 1. The molecule has 0 amide bonds. The van der Waals surface area contributed by atoms with Crippen LogP contribution in [0.2, 0.25) is 5.02 Å². The molecule has 36 heavy (non-hydrogen) atoms. The Morgan fingerprint density at radius 3 is 2.69 bits per heavy atom. The van der Waals surface area contributed by atoms with Gasteiger partial charge in [-0.05, 0) is 112 Å². The van der Waals surface area contributed by atoms with E-state index < -0.39 is 5.97 Å². The molecule has 2 aromatic heterocycles. The first kappa shape index (κ1) is 26.4. The topological polar surface area (TPSA) is 75.6 Å². The molecule has 0 bridgehead atoms. The van der Waals surface area contributed by atoms with E-state index in [2.05, 4.69) is 20.9 Å². The highest BCUT2D eigenvalue weighted by molar-refractivity contribution is 6.32. The van der Waals surface area contributed by atoms with E-state index in [1.165, 1.54) is 5.56 Å². The summed E-state index contributed by atoms with van der Waals surface area (Å²) in [6.07, 6.45) is 13.5. The Bertz CT molecular complexity index is 1150. The highest BCUT2D eigenvalue weighted by Gasteiger charge is 2.36. The van der Waals surface area contributed by atoms with Crippen LogP contribution < -0.4 is 4.74 Å². The molecule has 0 aliphatic carbocycles. The lowest BCUT2D eigenvalue weighted by Crippen LogP contribution is -2.41. The summed E-state index contributed by atoms with van der Waals surface area (Å²) in [6.45, 7) is 3.01. The summed E-state index contributed by atoms with van der Waals surface area (Å²) in [6, 6.07) is 9.97. The normalized spacial score (nSPS) is 15.7. The number of aromatic nitrogens is 2. The van der Waals surface area contributed by atoms with Crippen molar-refractivity contribution in [3.8, 4) is 5.75 Å². The molecule has 1 N–H and O–H groups in total. The van der Waals surface area contributed by atoms with Crippen molar-refractivity contribution in [3.63, 3.8) is 0 Å². The number of hydrogen-bond acceptors (Lipinski definition) is 5. The molecule has 1 fully saturated rings. The van der Waals surface area contributed by atoms with Crippen molar-refractivity contribution in [1.29, 1.82) is 0 Å². The van der Waals surface area contributed by atoms with Gasteiger partial charge in [-0.15, -0.1) is 0 Å². The van der Waals surface area contributed by atoms with Crippen LogP contribution in [0.15, 0.2) is 48.9 Å². The van der Waals surface area contributed by atoms with E-state index in [1.807, 2.05) is 36.7 Å². The second kappa shape index (κ2) is 12.5. The van der Waals surface area contributed by atoms with Crippen LogP contribution in [0.1, 0.15) is 56.1 Å². The average molecular weight is 510 g/mol. The van der Waals surface area contributed by atoms with Crippen molar-refractivity contribution in [3.05, 3.63) is 65.1 Å². The zero-order valence-electron chi connectivity index (χ0n) is 21.1. The van der Waals surface area contributed by atoms with Gasteiger partial charge in [0.05, 0.1) is 24.1 Å². The van der Waals surface area contributed by atoms with Gasteiger partial charge in [0.1, 0.15) is 5.75 Å². The quantitative estimate of drug-likeness (QED) is 0.293. The molecule has 3 heterocycles. The number of carboxylic acid groups (broad SMARTS) is 1. The Morgan fingerprint density at radius 2 is 1.97 bits per heavy atom. The maximum Gasteiger partial charge on any atom is 0.303 e. The van der Waals surface area contributed by atoms with E-state index in [-0.39, 0.29) is 11.8 Å². The van der Waals surface area contributed by atoms with Crippen LogP contribution in [0, 0.1) is 5.41 Å². The van der Waals surface area contributed by atoms with Gasteiger partial charge >= 0.3 is 5.97 Å². The summed E-state index contributed by atoms with van der Waals surface area (Å²) in [5.74, 6) is 0.0834. The molecule has 3 aromatic rings. The molecule has 4 rings (SSSR count). The van der Waals surface area contributed by atoms with E-state index in [0.29, 0.717) is 5.02 Å². The van der Waals surface area contributed by atoms with Gasteiger partial charge in [0, 0.05) is 24.0 Å². The van der Waals surface area contributed by atoms with Crippen molar-refractivity contribution in [2.75, 3.05) is 26.7 Å². The number of benzene rings is 1. The molecule has 7 heteroatoms. The molecule has 0 atom stereocenters. The largest absolute Gasteiger partial charge is 0.497 e. The molecular weight excluding hydrogens is 474 g/mol. The number of unbranched alkanes of at least 4 members (excludes halogenated alkanes) is 1. The SMILES string of the molecule is COc1ccc2ncc(Cl)c(CCCC3(CC(=O)O)CCN(CCCCc4cccnc4)CC3)c2c1. The maximum atomic E-state index is 11.8. The zero-order valence-corrected chi connectivity index (χ0v) is 21.8. The number of carboxylic acids is 1. The summed E-state index contributed by atoms with van der Waals surface area (Å²) in [4.78, 5) is 22.9. The fourth-order valence-electron chi connectivity index (χ4n) is 5.52. The molecule has 192 valence electrons. The van der Waals surface area contributed by atoms with Crippen LogP contribution in [-0.4, -0.2) is 52.7 Å². The number of piperidine rings is 1. The van der Waals surface area contributed by atoms with Gasteiger partial charge in [0.2, 0.25) is 0 Å². The van der Waals surface area contributed by atoms with Crippen LogP contribution in [0.5, 0.6) is 5.75 Å². The number of methoxy groups -OCH3 is 1. The third kappa shape index (κ3) is 6.95. The molecule has 1 saturated heterocycles. The van der Waals surface area contributed by atoms with Crippen LogP contribution in [0.25, 0.3) is 10.9 Å². The van der Waals surface area contributed by atoms with Gasteiger partial charge < -0.3 is 14.7 Å². The molecule has 0 saturated carbocycles. The van der Waals surface area contributed by atoms with Crippen molar-refractivity contribution >= 4 is 28.5 Å². The van der Waals surface area contributed by atoms with Gasteiger partial charge in [0.15, 0.2) is 0 Å². The minimum Gasteiger partial charge on any atom is -0.497 e. The molecule has 6 nitrogen and oxygen atoms in total. The lowest BCUT2D eigenvalue weighted by Gasteiger charge is -2.41. The summed E-state index contributed by atoms with van der Waals surface area (Å²) in [5, 5.41) is 11.3. The summed E-state index contributed by atoms with van der Waals surface area (Å²) < 4.78 is 5.40. The summed E-state index contributed by atoms with van der Waals surface area (Å²) in [7, 11) is 1.65. The molecule has 0 radical (unpaired) electrons. The smallest absolute Gasteiger partial charge is 0.303 e. The Kier molecular flexibility index (Phi) is 9.16. The predicted molar refractivity (Wildman–Crippen MR) is 144 cm³/mol. The fourth-order valence-corrected chi connectivity index (χ4v) is 5.77. The number of fused-ring (bicyclic) bond motifs is 1. The van der Waals surface area contributed by atoms with Gasteiger partial charge in [-0.25, -0.2) is 0 Å². The second-order valence-corrected chi connectivity index (χ2v) is 10.5. The number of aliphatic carboxylic acids is 1. The Morgan fingerprint density at radius 1 is 1.14 bits per heavy atom. The number of hydrogen-bond donors (Lipinski definition) is 1. The zero-order chi connectivity index (χ0) is 25.4. The van der Waals surface area contributed by atoms with E-state index in [4.69, 9.17) is 16.3 Å². The van der Waals surface area contributed by atoms with E-state index in [1.54, 1.807) is 13.3 Å². The number of halogens is 1. The number of ether oxygens (including phenoxy) is 1. The van der Waals surface area contributed by atoms with Crippen LogP contribution in [-0.2, 0) is 17.6 Å². The van der Waals surface area contributed by atoms with Crippen LogP contribution in [0.4, 0.5) is 0 Å². The molecule has 0 unspecified atom stereocenters. The molecular formula is C29H36ClN3O3. The molecule has 1 aliphatic rings. The van der Waals surface area contributed by atoms with Gasteiger partial charge in [0.25, 0.3) is 0 Å². The first-order chi connectivity index (χ1) is 17.5. The van der Waals surface area contributed by atoms with Gasteiger partial charge in [-0.3, -0.25) is 14.8 Å². The highest BCUT2D eigenvalue weighted by Crippen LogP contribution is 2.40. The number of likely N-dealkylation sites (tertiary alicyclic amines) is 1. The summed E-state index contributed by atoms with van der Waals surface area (Å²) >= 11 is 6.55. The number of nitrogens with zero attached hydrogens (tertiary/aromatic N) is 3. The van der Waals surface area contributed by atoms with Crippen molar-refractivity contribution in [2.45, 2.75) is 57.8 Å². The fraction of sp³-hybridized carbons (Fsp3) is 0.483. The monoisotopic (exact) mass is 509 g/mol. The van der Waals surface area contributed by atoms with Crippen molar-refractivity contribution in [2.24, 2.45) is 5.41 Å². The first-order valence-electron chi connectivity index (χ1n) is 12.9. The van der Waals surface area contributed by atoms with Gasteiger partial charge in [-0.2, -0.15) is 0 Å². The number of rotatable bonds is 12. The van der Waals surface area contributed by atoms with Gasteiger partial charge in [-0.1, -0.05) is 17.7 Å². The number of pyridine rings is 2. The lowest BCUT2D eigenvalue weighted by atomic mass is 9.72. The number of aryl methyl sites for hydroxylation is 2. The Labute approximate surface area is 218 Å². The summed E-state index contributed by atoms with van der Waals surface area (Å²) in [5.41, 5.74) is 3.10. The maximum absolute atomic E-state index is 11.8. The van der Waals surface area contributed by atoms with E-state index in [0.717, 1.165) is 93.2 Å². The Balaban J connectivity index is 1.31. The van der Waals surface area contributed by atoms with Crippen LogP contribution >= 0.6 is 11.6 Å². The average Bonchev–Trinajstić information content (AvgIpc) is 2.89. The van der Waals surface area contributed by atoms with Crippen LogP contribution in [0.3, 0.4) is 0 Å². The predicted octanol–water partition coefficient (Wildman–Crippen LogP) is 6.19. The third-order valence-corrected chi connectivity index (χ3v) is 7.95. The highest BCUT2D eigenvalue weighted by atomic mass is 35.5.